The summed E-state index contributed by atoms with van der Waals surface area (Å²) in [5, 5.41) is 2.58. The number of hydrogen-bond acceptors (Lipinski definition) is 5. The van der Waals surface area contributed by atoms with Crippen molar-refractivity contribution in [1.29, 1.82) is 0 Å². The predicted octanol–water partition coefficient (Wildman–Crippen LogP) is 2.23. The van der Waals surface area contributed by atoms with Crippen LogP contribution in [0.15, 0.2) is 24.3 Å². The van der Waals surface area contributed by atoms with Gasteiger partial charge in [0, 0.05) is 11.7 Å². The van der Waals surface area contributed by atoms with E-state index >= 15 is 0 Å². The van der Waals surface area contributed by atoms with Crippen molar-refractivity contribution in [3.63, 3.8) is 0 Å². The van der Waals surface area contributed by atoms with Crippen LogP contribution in [0.25, 0.3) is 0 Å². The maximum Gasteiger partial charge on any atom is 0.289 e. The molecule has 1 aromatic carbocycles. The molecule has 1 fully saturated rings. The van der Waals surface area contributed by atoms with Crippen molar-refractivity contribution in [3.8, 4) is 0 Å². The number of nitrogens with one attached hydrogen (secondary N) is 1. The lowest BCUT2D eigenvalue weighted by Gasteiger charge is -2.16. The van der Waals surface area contributed by atoms with Crippen LogP contribution in [0.2, 0.25) is 0 Å². The van der Waals surface area contributed by atoms with Gasteiger partial charge in [0.05, 0.1) is 18.2 Å². The zero-order valence-corrected chi connectivity index (χ0v) is 14.6. The Hall–Kier alpha value is -1.57. The second-order valence-electron chi connectivity index (χ2n) is 5.37. The number of rotatable bonds is 5. The first kappa shape index (κ1) is 19.5. The van der Waals surface area contributed by atoms with E-state index in [0.29, 0.717) is 5.69 Å². The summed E-state index contributed by atoms with van der Waals surface area (Å²) in [4.78, 5) is 36.2. The molecule has 0 aliphatic carbocycles. The molecule has 0 bridgehead atoms. The van der Waals surface area contributed by atoms with Crippen molar-refractivity contribution in [1.82, 2.24) is 4.90 Å². The van der Waals surface area contributed by atoms with Gasteiger partial charge in [0.1, 0.15) is 0 Å². The number of benzene rings is 1. The van der Waals surface area contributed by atoms with Crippen molar-refractivity contribution >= 4 is 46.9 Å². The minimum atomic E-state index is -0.281. The fourth-order valence-electron chi connectivity index (χ4n) is 1.90. The third kappa shape index (κ3) is 4.95. The molecular weight excluding hydrogens is 338 g/mol. The van der Waals surface area contributed by atoms with Crippen LogP contribution in [0.1, 0.15) is 19.4 Å². The molecule has 0 saturated carbocycles. The fourth-order valence-corrected chi connectivity index (χ4v) is 2.63. The van der Waals surface area contributed by atoms with Gasteiger partial charge < -0.3 is 11.1 Å². The number of thioether (sulfide) groups is 1. The maximum atomic E-state index is 11.9. The molecule has 2 rings (SSSR count). The SMILES string of the molecule is CC(N)C(C)C(=O)Nc1ccc(CN2C(=O)CSC2=O)cc1.Cl. The quantitative estimate of drug-likeness (QED) is 0.842. The minimum Gasteiger partial charge on any atom is -0.327 e. The van der Waals surface area contributed by atoms with Gasteiger partial charge in [-0.2, -0.15) is 0 Å². The molecule has 3 amide bonds. The maximum absolute atomic E-state index is 11.9. The Morgan fingerprint density at radius 3 is 2.39 bits per heavy atom. The number of carbonyl (C=O) groups is 3. The van der Waals surface area contributed by atoms with Crippen molar-refractivity contribution < 1.29 is 14.4 Å². The monoisotopic (exact) mass is 357 g/mol. The van der Waals surface area contributed by atoms with Crippen LogP contribution < -0.4 is 11.1 Å². The highest BCUT2D eigenvalue weighted by molar-refractivity contribution is 8.14. The van der Waals surface area contributed by atoms with E-state index in [1.807, 2.05) is 0 Å². The fraction of sp³-hybridized carbons (Fsp3) is 0.400. The lowest BCUT2D eigenvalue weighted by atomic mass is 10.0. The largest absolute Gasteiger partial charge is 0.327 e. The molecule has 0 spiro atoms. The average molecular weight is 358 g/mol. The smallest absolute Gasteiger partial charge is 0.289 e. The van der Waals surface area contributed by atoms with Crippen LogP contribution >= 0.6 is 24.2 Å². The highest BCUT2D eigenvalue weighted by Gasteiger charge is 2.29. The molecule has 6 nitrogen and oxygen atoms in total. The number of nitrogens with two attached hydrogens (primary N) is 1. The summed E-state index contributed by atoms with van der Waals surface area (Å²) < 4.78 is 0. The van der Waals surface area contributed by atoms with E-state index in [1.165, 1.54) is 4.90 Å². The van der Waals surface area contributed by atoms with Crippen LogP contribution in [0.4, 0.5) is 10.5 Å². The van der Waals surface area contributed by atoms with Crippen LogP contribution in [-0.2, 0) is 16.1 Å². The second-order valence-corrected chi connectivity index (χ2v) is 6.30. The van der Waals surface area contributed by atoms with Crippen LogP contribution in [-0.4, -0.2) is 33.7 Å². The van der Waals surface area contributed by atoms with Crippen molar-refractivity contribution in [2.24, 2.45) is 11.7 Å². The first-order chi connectivity index (χ1) is 10.4. The summed E-state index contributed by atoms with van der Waals surface area (Å²) in [7, 11) is 0. The van der Waals surface area contributed by atoms with Crippen LogP contribution in [0.5, 0.6) is 0 Å². The van der Waals surface area contributed by atoms with Gasteiger partial charge in [-0.05, 0) is 24.6 Å². The van der Waals surface area contributed by atoms with E-state index in [1.54, 1.807) is 38.1 Å². The number of hydrogen-bond donors (Lipinski definition) is 2. The van der Waals surface area contributed by atoms with Crippen molar-refractivity contribution in [3.05, 3.63) is 29.8 Å². The van der Waals surface area contributed by atoms with E-state index in [0.717, 1.165) is 17.3 Å². The zero-order chi connectivity index (χ0) is 16.3. The Morgan fingerprint density at radius 2 is 1.91 bits per heavy atom. The van der Waals surface area contributed by atoms with E-state index in [9.17, 15) is 14.4 Å². The summed E-state index contributed by atoms with van der Waals surface area (Å²) in [6.45, 7) is 3.82. The van der Waals surface area contributed by atoms with Gasteiger partial charge >= 0.3 is 0 Å². The number of nitrogens with zero attached hydrogens (tertiary/aromatic N) is 1. The Balaban J connectivity index is 0.00000264. The van der Waals surface area contributed by atoms with Gasteiger partial charge in [-0.1, -0.05) is 30.8 Å². The third-order valence-electron chi connectivity index (χ3n) is 3.60. The molecule has 1 saturated heterocycles. The number of amides is 3. The first-order valence-corrected chi connectivity index (χ1v) is 7.99. The highest BCUT2D eigenvalue weighted by Crippen LogP contribution is 2.22. The van der Waals surface area contributed by atoms with Crippen molar-refractivity contribution in [2.45, 2.75) is 26.4 Å². The summed E-state index contributed by atoms with van der Waals surface area (Å²) in [6.07, 6.45) is 0. The van der Waals surface area contributed by atoms with Crippen LogP contribution in [0.3, 0.4) is 0 Å². The van der Waals surface area contributed by atoms with E-state index in [-0.39, 0.29) is 53.7 Å². The lowest BCUT2D eigenvalue weighted by Crippen LogP contribution is -2.34. The normalized spacial score (nSPS) is 16.7. The number of halogens is 1. The molecule has 0 aromatic heterocycles. The summed E-state index contributed by atoms with van der Waals surface area (Å²) in [5.74, 6) is -0.374. The average Bonchev–Trinajstić information content (AvgIpc) is 2.80. The number of imide groups is 1. The zero-order valence-electron chi connectivity index (χ0n) is 12.9. The molecule has 1 aliphatic rings. The number of anilines is 1. The Morgan fingerprint density at radius 1 is 1.30 bits per heavy atom. The highest BCUT2D eigenvalue weighted by atomic mass is 35.5. The van der Waals surface area contributed by atoms with Gasteiger partial charge in [-0.3, -0.25) is 19.3 Å². The number of carbonyl (C=O) groups excluding carboxylic acids is 3. The molecule has 23 heavy (non-hydrogen) atoms. The molecule has 0 radical (unpaired) electrons. The molecule has 126 valence electrons. The Kier molecular flexibility index (Phi) is 7.05. The third-order valence-corrected chi connectivity index (χ3v) is 4.46. The molecule has 1 heterocycles. The van der Waals surface area contributed by atoms with E-state index in [2.05, 4.69) is 5.32 Å². The lowest BCUT2D eigenvalue weighted by molar-refractivity contribution is -0.125. The minimum absolute atomic E-state index is 0. The first-order valence-electron chi connectivity index (χ1n) is 7.01. The van der Waals surface area contributed by atoms with Crippen molar-refractivity contribution in [2.75, 3.05) is 11.1 Å². The van der Waals surface area contributed by atoms with Gasteiger partial charge in [0.2, 0.25) is 11.8 Å². The van der Waals surface area contributed by atoms with E-state index in [4.69, 9.17) is 5.73 Å². The van der Waals surface area contributed by atoms with E-state index < -0.39 is 0 Å². The molecular formula is C15H20ClN3O3S. The van der Waals surface area contributed by atoms with Gasteiger partial charge in [0.25, 0.3) is 5.24 Å². The topological polar surface area (TPSA) is 92.5 Å². The molecule has 1 aromatic rings. The molecule has 2 atom stereocenters. The summed E-state index contributed by atoms with van der Waals surface area (Å²) in [6, 6.07) is 6.85. The van der Waals surface area contributed by atoms with Gasteiger partial charge in [0.15, 0.2) is 0 Å². The Bertz CT molecular complexity index is 576. The standard InChI is InChI=1S/C15H19N3O3S.ClH/c1-9(10(2)16)14(20)17-12-5-3-11(4-6-12)7-18-13(19)8-22-15(18)21;/h3-6,9-10H,7-8,16H2,1-2H3,(H,17,20);1H. The molecule has 8 heteroatoms. The predicted molar refractivity (Wildman–Crippen MR) is 93.5 cm³/mol. The molecule has 1 aliphatic heterocycles. The van der Waals surface area contributed by atoms with Gasteiger partial charge in [-0.15, -0.1) is 12.4 Å². The second kappa shape index (κ2) is 8.33. The molecule has 2 unspecified atom stereocenters. The summed E-state index contributed by atoms with van der Waals surface area (Å²) in [5.41, 5.74) is 7.20. The molecule has 3 N–H and O–H groups in total. The van der Waals surface area contributed by atoms with Gasteiger partial charge in [-0.25, -0.2) is 0 Å². The van der Waals surface area contributed by atoms with Crippen LogP contribution in [0, 0.1) is 5.92 Å². The Labute approximate surface area is 145 Å². The summed E-state index contributed by atoms with van der Waals surface area (Å²) >= 11 is 1.02.